The van der Waals surface area contributed by atoms with Gasteiger partial charge in [0.1, 0.15) is 17.6 Å². The van der Waals surface area contributed by atoms with E-state index in [0.717, 1.165) is 6.07 Å². The lowest BCUT2D eigenvalue weighted by Crippen LogP contribution is -2.47. The first-order valence-electron chi connectivity index (χ1n) is 5.92. The average molecular weight is 412 g/mol. The number of rotatable bonds is 3. The highest BCUT2D eigenvalue weighted by Crippen LogP contribution is 2.39. The Bertz CT molecular complexity index is 462. The molecule has 2 rings (SSSR count). The molecule has 3 nitrogen and oxygen atoms in total. The van der Waals surface area contributed by atoms with Crippen LogP contribution in [0.2, 0.25) is 0 Å². The summed E-state index contributed by atoms with van der Waals surface area (Å²) in [4.78, 5) is 1.49. The van der Waals surface area contributed by atoms with Crippen molar-refractivity contribution in [2.45, 2.75) is 12.5 Å². The Kier molecular flexibility index (Phi) is 8.96. The first-order valence-corrected chi connectivity index (χ1v) is 6.71. The van der Waals surface area contributed by atoms with E-state index >= 15 is 0 Å². The summed E-state index contributed by atoms with van der Waals surface area (Å²) in [5.41, 5.74) is -0.341. The number of nitrogens with zero attached hydrogens (tertiary/aromatic N) is 1. The summed E-state index contributed by atoms with van der Waals surface area (Å²) < 4.78 is 40.7. The number of piperazine rings is 1. The summed E-state index contributed by atoms with van der Waals surface area (Å²) in [6.07, 6.45) is -2.77. The third kappa shape index (κ3) is 4.63. The van der Waals surface area contributed by atoms with Crippen LogP contribution < -0.4 is 5.32 Å². The molecule has 0 aliphatic carbocycles. The Morgan fingerprint density at radius 2 is 1.76 bits per heavy atom. The lowest BCUT2D eigenvalue weighted by Gasteiger charge is -2.35. The number of phenols is 1. The zero-order valence-corrected chi connectivity index (χ0v) is 14.1. The normalized spacial score (nSPS) is 17.0. The summed E-state index contributed by atoms with van der Waals surface area (Å²) >= 11 is 3.03. The highest BCUT2D eigenvalue weighted by Gasteiger charge is 2.34. The van der Waals surface area contributed by atoms with Gasteiger partial charge in [0.05, 0.1) is 10.0 Å². The van der Waals surface area contributed by atoms with Crippen LogP contribution >= 0.6 is 40.7 Å². The van der Waals surface area contributed by atoms with Crippen LogP contribution in [0.3, 0.4) is 0 Å². The van der Waals surface area contributed by atoms with Crippen molar-refractivity contribution in [2.75, 3.05) is 26.2 Å². The highest BCUT2D eigenvalue weighted by molar-refractivity contribution is 9.10. The second-order valence-electron chi connectivity index (χ2n) is 4.36. The van der Waals surface area contributed by atoms with E-state index in [1.54, 1.807) is 0 Å². The van der Waals surface area contributed by atoms with Crippen LogP contribution in [0.15, 0.2) is 16.6 Å². The molecule has 0 bridgehead atoms. The van der Waals surface area contributed by atoms with Crippen molar-refractivity contribution < 1.29 is 18.3 Å². The number of halogens is 6. The van der Waals surface area contributed by atoms with Gasteiger partial charge < -0.3 is 10.4 Å². The minimum Gasteiger partial charge on any atom is -0.506 e. The maximum absolute atomic E-state index is 13.8. The predicted octanol–water partition coefficient (Wildman–Crippen LogP) is 3.35. The largest absolute Gasteiger partial charge is 0.506 e. The smallest absolute Gasteiger partial charge is 0.258 e. The van der Waals surface area contributed by atoms with E-state index in [0.29, 0.717) is 26.2 Å². The second-order valence-corrected chi connectivity index (χ2v) is 5.21. The van der Waals surface area contributed by atoms with Crippen molar-refractivity contribution in [3.05, 3.63) is 28.0 Å². The lowest BCUT2D eigenvalue weighted by atomic mass is 10.0. The average Bonchev–Trinajstić information content (AvgIpc) is 2.39. The molecule has 0 radical (unpaired) electrons. The second kappa shape index (κ2) is 9.05. The minimum absolute atomic E-state index is 0. The number of phenolic OH excluding ortho intramolecular Hbond substituents is 1. The molecule has 1 heterocycles. The summed E-state index contributed by atoms with van der Waals surface area (Å²) in [5, 5.41) is 12.9. The van der Waals surface area contributed by atoms with Gasteiger partial charge in [0.2, 0.25) is 0 Å². The molecule has 21 heavy (non-hydrogen) atoms. The van der Waals surface area contributed by atoms with Crippen molar-refractivity contribution in [3.63, 3.8) is 0 Å². The summed E-state index contributed by atoms with van der Waals surface area (Å²) in [6, 6.07) is 0.949. The van der Waals surface area contributed by atoms with Gasteiger partial charge >= 0.3 is 0 Å². The number of benzene rings is 1. The SMILES string of the molecule is Cl.Cl.Oc1c(Br)ccc(F)c1[C@@H](C(F)F)N1CCNCC1. The number of hydrogen-bond acceptors (Lipinski definition) is 3. The number of aromatic hydroxyl groups is 1. The van der Waals surface area contributed by atoms with E-state index < -0.39 is 24.0 Å². The van der Waals surface area contributed by atoms with E-state index in [1.165, 1.54) is 11.0 Å². The number of hydrogen-bond donors (Lipinski definition) is 2. The van der Waals surface area contributed by atoms with Gasteiger partial charge in [0, 0.05) is 26.2 Å². The van der Waals surface area contributed by atoms with Crippen molar-refractivity contribution in [1.82, 2.24) is 10.2 Å². The van der Waals surface area contributed by atoms with Crippen LogP contribution in [0.25, 0.3) is 0 Å². The Labute approximate surface area is 141 Å². The Morgan fingerprint density at radius 3 is 2.29 bits per heavy atom. The van der Waals surface area contributed by atoms with E-state index in [2.05, 4.69) is 21.2 Å². The van der Waals surface area contributed by atoms with Gasteiger partial charge in [0.25, 0.3) is 6.43 Å². The molecule has 1 aliphatic heterocycles. The van der Waals surface area contributed by atoms with Gasteiger partial charge in [-0.2, -0.15) is 0 Å². The van der Waals surface area contributed by atoms with Crippen molar-refractivity contribution in [3.8, 4) is 5.75 Å². The molecule has 1 fully saturated rings. The molecule has 1 aliphatic rings. The first-order chi connectivity index (χ1) is 9.02. The fourth-order valence-electron chi connectivity index (χ4n) is 2.27. The maximum atomic E-state index is 13.8. The van der Waals surface area contributed by atoms with Gasteiger partial charge in [-0.25, -0.2) is 13.2 Å². The van der Waals surface area contributed by atoms with E-state index in [9.17, 15) is 18.3 Å². The van der Waals surface area contributed by atoms with Crippen LogP contribution in [0.1, 0.15) is 11.6 Å². The number of nitrogens with one attached hydrogen (secondary N) is 1. The van der Waals surface area contributed by atoms with Crippen molar-refractivity contribution >= 4 is 40.7 Å². The molecular formula is C12H16BrCl2F3N2O. The summed E-state index contributed by atoms with van der Waals surface area (Å²) in [6.45, 7) is 1.92. The molecule has 1 atom stereocenters. The van der Waals surface area contributed by atoms with Crippen LogP contribution in [0.5, 0.6) is 5.75 Å². The fourth-order valence-corrected chi connectivity index (χ4v) is 2.61. The van der Waals surface area contributed by atoms with E-state index in [1.807, 2.05) is 0 Å². The molecule has 0 unspecified atom stereocenters. The van der Waals surface area contributed by atoms with Crippen molar-refractivity contribution in [2.24, 2.45) is 0 Å². The molecule has 0 spiro atoms. The molecule has 9 heteroatoms. The van der Waals surface area contributed by atoms with Gasteiger partial charge in [-0.1, -0.05) is 0 Å². The zero-order valence-electron chi connectivity index (χ0n) is 10.9. The quantitative estimate of drug-likeness (QED) is 0.800. The molecule has 0 saturated carbocycles. The standard InChI is InChI=1S/C12H14BrF3N2O.2ClH/c13-7-1-2-8(14)9(11(7)19)10(12(15)16)18-5-3-17-4-6-18;;/h1-2,10,12,17,19H,3-6H2;2*1H/t10-;;/m0../s1. The Morgan fingerprint density at radius 1 is 1.19 bits per heavy atom. The molecule has 0 aromatic heterocycles. The lowest BCUT2D eigenvalue weighted by molar-refractivity contribution is 0.0151. The van der Waals surface area contributed by atoms with E-state index in [-0.39, 0.29) is 34.9 Å². The van der Waals surface area contributed by atoms with Crippen LogP contribution in [-0.2, 0) is 0 Å². The summed E-state index contributed by atoms with van der Waals surface area (Å²) in [7, 11) is 0. The zero-order chi connectivity index (χ0) is 14.0. The van der Waals surface area contributed by atoms with Gasteiger partial charge in [-0.15, -0.1) is 24.8 Å². The molecule has 1 aromatic rings. The predicted molar refractivity (Wildman–Crippen MR) is 83.4 cm³/mol. The van der Waals surface area contributed by atoms with Crippen LogP contribution in [-0.4, -0.2) is 42.6 Å². The monoisotopic (exact) mass is 410 g/mol. The third-order valence-corrected chi connectivity index (χ3v) is 3.83. The van der Waals surface area contributed by atoms with Crippen molar-refractivity contribution in [1.29, 1.82) is 0 Å². The number of alkyl halides is 2. The Balaban J connectivity index is 0.00000200. The van der Waals surface area contributed by atoms with Crippen LogP contribution in [0, 0.1) is 5.82 Å². The molecule has 2 N–H and O–H groups in total. The third-order valence-electron chi connectivity index (χ3n) is 3.19. The highest BCUT2D eigenvalue weighted by atomic mass is 79.9. The molecule has 0 amide bonds. The molecule has 122 valence electrons. The molecule has 1 saturated heterocycles. The van der Waals surface area contributed by atoms with E-state index in [4.69, 9.17) is 0 Å². The van der Waals surface area contributed by atoms with Crippen LogP contribution in [0.4, 0.5) is 13.2 Å². The Hall–Kier alpha value is -0.210. The topological polar surface area (TPSA) is 35.5 Å². The minimum atomic E-state index is -2.77. The van der Waals surface area contributed by atoms with Gasteiger partial charge in [-0.3, -0.25) is 4.90 Å². The molecule has 1 aromatic carbocycles. The van der Waals surface area contributed by atoms with Gasteiger partial charge in [0.15, 0.2) is 0 Å². The first kappa shape index (κ1) is 20.8. The van der Waals surface area contributed by atoms with Gasteiger partial charge in [-0.05, 0) is 28.1 Å². The summed E-state index contributed by atoms with van der Waals surface area (Å²) in [5.74, 6) is -1.27. The molecular weight excluding hydrogens is 396 g/mol. The maximum Gasteiger partial charge on any atom is 0.258 e. The fraction of sp³-hybridized carbons (Fsp3) is 0.500.